The van der Waals surface area contributed by atoms with Crippen molar-refractivity contribution in [1.82, 2.24) is 4.98 Å². The van der Waals surface area contributed by atoms with E-state index in [1.54, 1.807) is 6.20 Å². The van der Waals surface area contributed by atoms with Crippen LogP contribution in [0.25, 0.3) is 0 Å². The molecule has 0 aliphatic heterocycles. The summed E-state index contributed by atoms with van der Waals surface area (Å²) in [6.45, 7) is 0. The molecule has 102 valence electrons. The molecular weight excluding hydrogens is 277 g/mol. The van der Waals surface area contributed by atoms with Crippen molar-refractivity contribution in [3.8, 4) is 0 Å². The van der Waals surface area contributed by atoms with Crippen molar-refractivity contribution in [3.63, 3.8) is 0 Å². The summed E-state index contributed by atoms with van der Waals surface area (Å²) in [5.74, 6) is 0. The van der Waals surface area contributed by atoms with Gasteiger partial charge in [-0.05, 0) is 42.0 Å². The number of nitrogens with zero attached hydrogens (tertiary/aromatic N) is 1. The second kappa shape index (κ2) is 6.43. The van der Waals surface area contributed by atoms with Crippen LogP contribution < -0.4 is 10.6 Å². The molecule has 1 atom stereocenters. The van der Waals surface area contributed by atoms with E-state index in [1.165, 1.54) is 5.56 Å². The topological polar surface area (TPSA) is 30.0 Å². The summed E-state index contributed by atoms with van der Waals surface area (Å²) in [6, 6.07) is 23.4. The van der Waals surface area contributed by atoms with Gasteiger partial charge in [-0.1, -0.05) is 41.0 Å². The molecule has 0 aliphatic carbocycles. The van der Waals surface area contributed by atoms with E-state index in [4.69, 9.17) is 0 Å². The Hall–Kier alpha value is -2.31. The number of pyridine rings is 1. The van der Waals surface area contributed by atoms with Gasteiger partial charge in [0.2, 0.25) is 0 Å². The summed E-state index contributed by atoms with van der Waals surface area (Å²) in [5.41, 5.74) is 2.21. The van der Waals surface area contributed by atoms with E-state index in [0.717, 1.165) is 22.7 Å². The number of hydrogen-bond acceptors (Lipinski definition) is 2. The lowest BCUT2D eigenvalue weighted by Crippen LogP contribution is -2.06. The zero-order valence-electron chi connectivity index (χ0n) is 11.5. The first-order valence-corrected chi connectivity index (χ1v) is 8.10. The predicted octanol–water partition coefficient (Wildman–Crippen LogP) is 3.45. The first-order valence-electron chi connectivity index (χ1n) is 6.84. The van der Waals surface area contributed by atoms with Crippen molar-refractivity contribution < 1.29 is 4.57 Å². The minimum absolute atomic E-state index is 0.795. The van der Waals surface area contributed by atoms with Gasteiger partial charge in [0.25, 0.3) is 0 Å². The number of benzene rings is 2. The highest BCUT2D eigenvalue weighted by Crippen LogP contribution is 2.19. The lowest BCUT2D eigenvalue weighted by atomic mass is 10.1. The molecule has 0 bridgehead atoms. The van der Waals surface area contributed by atoms with Crippen molar-refractivity contribution in [1.29, 1.82) is 0 Å². The van der Waals surface area contributed by atoms with Crippen LogP contribution in [-0.2, 0) is 11.0 Å². The Morgan fingerprint density at radius 3 is 2.10 bits per heavy atom. The third-order valence-corrected chi connectivity index (χ3v) is 4.81. The molecule has 0 saturated heterocycles. The normalized spacial score (nSPS) is 11.1. The van der Waals surface area contributed by atoms with Gasteiger partial charge in [-0.25, -0.2) is 0 Å². The van der Waals surface area contributed by atoms with E-state index in [-0.39, 0.29) is 0 Å². The maximum Gasteiger partial charge on any atom is 0.415 e. The van der Waals surface area contributed by atoms with Crippen LogP contribution in [0.3, 0.4) is 0 Å². The van der Waals surface area contributed by atoms with E-state index in [2.05, 4.69) is 4.98 Å². The van der Waals surface area contributed by atoms with Gasteiger partial charge in [0.15, 0.2) is 10.6 Å². The number of rotatable bonds is 4. The minimum Gasteiger partial charge on any atom is -0.261 e. The molecule has 0 amide bonds. The Balaban J connectivity index is 1.77. The standard InChI is InChI=1S/C18H15NOP/c20-21(17-7-2-1-3-8-17)18-11-9-15(10-12-18)14-16-6-4-5-13-19-16/h1-13H,14H2/q+1. The number of aromatic nitrogens is 1. The van der Waals surface area contributed by atoms with Gasteiger partial charge in [0.1, 0.15) is 0 Å². The smallest absolute Gasteiger partial charge is 0.261 e. The predicted molar refractivity (Wildman–Crippen MR) is 86.8 cm³/mol. The molecule has 1 aromatic heterocycles. The second-order valence-electron chi connectivity index (χ2n) is 4.79. The first-order chi connectivity index (χ1) is 10.3. The molecule has 3 rings (SSSR count). The van der Waals surface area contributed by atoms with Gasteiger partial charge >= 0.3 is 7.80 Å². The molecule has 3 heteroatoms. The monoisotopic (exact) mass is 292 g/mol. The zero-order valence-corrected chi connectivity index (χ0v) is 12.4. The molecule has 0 aliphatic rings. The molecule has 0 N–H and O–H groups in total. The third kappa shape index (κ3) is 3.42. The Morgan fingerprint density at radius 1 is 0.762 bits per heavy atom. The van der Waals surface area contributed by atoms with E-state index in [0.29, 0.717) is 0 Å². The Morgan fingerprint density at radius 2 is 1.43 bits per heavy atom. The molecule has 0 spiro atoms. The molecule has 2 nitrogen and oxygen atoms in total. The fourth-order valence-electron chi connectivity index (χ4n) is 2.17. The minimum atomic E-state index is -1.51. The summed E-state index contributed by atoms with van der Waals surface area (Å²) in [7, 11) is -1.51. The summed E-state index contributed by atoms with van der Waals surface area (Å²) in [5, 5.41) is 1.73. The van der Waals surface area contributed by atoms with Crippen LogP contribution in [0.1, 0.15) is 11.3 Å². The van der Waals surface area contributed by atoms with E-state index in [9.17, 15) is 4.57 Å². The molecule has 1 heterocycles. The largest absolute Gasteiger partial charge is 0.415 e. The molecule has 0 radical (unpaired) electrons. The molecule has 1 unspecified atom stereocenters. The van der Waals surface area contributed by atoms with Gasteiger partial charge in [0, 0.05) is 18.3 Å². The highest BCUT2D eigenvalue weighted by atomic mass is 31.1. The van der Waals surface area contributed by atoms with Crippen LogP contribution in [0.2, 0.25) is 0 Å². The first kappa shape index (κ1) is 13.7. The summed E-state index contributed by atoms with van der Waals surface area (Å²) >= 11 is 0. The van der Waals surface area contributed by atoms with Gasteiger partial charge in [-0.2, -0.15) is 0 Å². The highest BCUT2D eigenvalue weighted by molar-refractivity contribution is 7.61. The lowest BCUT2D eigenvalue weighted by Gasteiger charge is -2.00. The van der Waals surface area contributed by atoms with Crippen molar-refractivity contribution >= 4 is 18.4 Å². The van der Waals surface area contributed by atoms with Crippen molar-refractivity contribution in [2.75, 3.05) is 0 Å². The van der Waals surface area contributed by atoms with Gasteiger partial charge < -0.3 is 0 Å². The van der Waals surface area contributed by atoms with E-state index >= 15 is 0 Å². The molecule has 0 saturated carbocycles. The van der Waals surface area contributed by atoms with Crippen LogP contribution in [0.15, 0.2) is 79.0 Å². The SMILES string of the molecule is O=[P+](c1ccccc1)c1ccc(Cc2ccccn2)cc1. The summed E-state index contributed by atoms with van der Waals surface area (Å²) < 4.78 is 12.5. The van der Waals surface area contributed by atoms with Crippen LogP contribution in [0.4, 0.5) is 0 Å². The van der Waals surface area contributed by atoms with Crippen LogP contribution >= 0.6 is 7.80 Å². The maximum absolute atomic E-state index is 12.5. The van der Waals surface area contributed by atoms with Crippen LogP contribution in [-0.4, -0.2) is 4.98 Å². The van der Waals surface area contributed by atoms with Crippen molar-refractivity contribution in [3.05, 3.63) is 90.3 Å². The fraction of sp³-hybridized carbons (Fsp3) is 0.0556. The molecule has 21 heavy (non-hydrogen) atoms. The van der Waals surface area contributed by atoms with Crippen molar-refractivity contribution in [2.24, 2.45) is 0 Å². The average Bonchev–Trinajstić information content (AvgIpc) is 2.57. The average molecular weight is 292 g/mol. The zero-order chi connectivity index (χ0) is 14.5. The van der Waals surface area contributed by atoms with Gasteiger partial charge in [-0.3, -0.25) is 4.98 Å². The van der Waals surface area contributed by atoms with Crippen LogP contribution in [0.5, 0.6) is 0 Å². The van der Waals surface area contributed by atoms with Crippen molar-refractivity contribution in [2.45, 2.75) is 6.42 Å². The van der Waals surface area contributed by atoms with E-state index < -0.39 is 7.80 Å². The Labute approximate surface area is 125 Å². The van der Waals surface area contributed by atoms with Gasteiger partial charge in [-0.15, -0.1) is 0 Å². The summed E-state index contributed by atoms with van der Waals surface area (Å²) in [6.07, 6.45) is 2.60. The maximum atomic E-state index is 12.5. The van der Waals surface area contributed by atoms with E-state index in [1.807, 2.05) is 72.8 Å². The quantitative estimate of drug-likeness (QED) is 0.689. The number of hydrogen-bond donors (Lipinski definition) is 0. The highest BCUT2D eigenvalue weighted by Gasteiger charge is 2.22. The molecule has 0 fully saturated rings. The molecular formula is C18H15NOP+. The lowest BCUT2D eigenvalue weighted by molar-refractivity contribution is 0.598. The fourth-order valence-corrected chi connectivity index (χ4v) is 3.33. The van der Waals surface area contributed by atoms with Gasteiger partial charge in [0.05, 0.1) is 0 Å². The Kier molecular flexibility index (Phi) is 4.18. The second-order valence-corrected chi connectivity index (χ2v) is 6.42. The molecule has 3 aromatic rings. The molecule has 2 aromatic carbocycles. The third-order valence-electron chi connectivity index (χ3n) is 3.27. The Bertz CT molecular complexity index is 724. The summed E-state index contributed by atoms with van der Waals surface area (Å²) in [4.78, 5) is 4.32. The van der Waals surface area contributed by atoms with Crippen LogP contribution in [0, 0.1) is 0 Å².